The first-order valence-electron chi connectivity index (χ1n) is 10.8. The first kappa shape index (κ1) is 24.3. The molecule has 3 aromatic rings. The second-order valence-corrected chi connectivity index (χ2v) is 8.79. The van der Waals surface area contributed by atoms with Crippen LogP contribution in [0.3, 0.4) is 0 Å². The molecule has 1 atom stereocenters. The van der Waals surface area contributed by atoms with Crippen molar-refractivity contribution in [3.05, 3.63) is 47.5 Å². The van der Waals surface area contributed by atoms with Crippen molar-refractivity contribution in [2.24, 2.45) is 0 Å². The number of likely N-dealkylation sites (N-methyl/N-ethyl adjacent to an activating group) is 1. The van der Waals surface area contributed by atoms with Gasteiger partial charge in [0, 0.05) is 13.1 Å². The molecule has 0 aliphatic carbocycles. The number of fused-ring (bicyclic) bond motifs is 2. The summed E-state index contributed by atoms with van der Waals surface area (Å²) in [5.74, 6) is 1.16. The van der Waals surface area contributed by atoms with Gasteiger partial charge in [0.15, 0.2) is 16.6 Å². The molecule has 1 aliphatic rings. The maximum Gasteiger partial charge on any atom is 0.273 e. The van der Waals surface area contributed by atoms with Crippen LogP contribution in [-0.2, 0) is 4.79 Å². The van der Waals surface area contributed by atoms with Crippen LogP contribution in [0.4, 0.5) is 5.13 Å². The van der Waals surface area contributed by atoms with Crippen molar-refractivity contribution in [3.63, 3.8) is 0 Å². The highest BCUT2D eigenvalue weighted by Gasteiger charge is 2.33. The Hall–Kier alpha value is -2.35. The molecule has 1 amide bonds. The van der Waals surface area contributed by atoms with Crippen molar-refractivity contribution < 1.29 is 14.3 Å². The number of anilines is 1. The van der Waals surface area contributed by atoms with Gasteiger partial charge in [0.2, 0.25) is 6.10 Å². The zero-order chi connectivity index (χ0) is 22.0. The Morgan fingerprint density at radius 3 is 2.50 bits per heavy atom. The summed E-state index contributed by atoms with van der Waals surface area (Å²) in [6.07, 6.45) is -0.693. The van der Waals surface area contributed by atoms with Crippen molar-refractivity contribution in [3.8, 4) is 11.5 Å². The minimum Gasteiger partial charge on any atom is -0.485 e. The molecule has 0 saturated carbocycles. The number of nitrogens with zero attached hydrogens (tertiary/aromatic N) is 3. The topological polar surface area (TPSA) is 54.9 Å². The lowest BCUT2D eigenvalue weighted by molar-refractivity contribution is -0.127. The second-order valence-electron chi connectivity index (χ2n) is 7.78. The molecule has 0 spiro atoms. The number of thiazole rings is 1. The Morgan fingerprint density at radius 1 is 1.09 bits per heavy atom. The number of para-hydroxylation sites is 2. The highest BCUT2D eigenvalue weighted by molar-refractivity contribution is 7.22. The van der Waals surface area contributed by atoms with Gasteiger partial charge in [-0.1, -0.05) is 37.3 Å². The van der Waals surface area contributed by atoms with Gasteiger partial charge in [0.05, 0.1) is 10.2 Å². The monoisotopic (exact) mass is 475 g/mol. The third kappa shape index (κ3) is 5.00. The Balaban J connectivity index is 0.00000289. The molecule has 0 bridgehead atoms. The van der Waals surface area contributed by atoms with E-state index in [1.54, 1.807) is 16.2 Å². The number of amides is 1. The fourth-order valence-corrected chi connectivity index (χ4v) is 4.76. The van der Waals surface area contributed by atoms with Crippen LogP contribution in [-0.4, -0.2) is 54.7 Å². The van der Waals surface area contributed by atoms with E-state index in [0.29, 0.717) is 23.2 Å². The summed E-state index contributed by atoms with van der Waals surface area (Å²) in [6, 6.07) is 11.7. The summed E-state index contributed by atoms with van der Waals surface area (Å²) in [7, 11) is 0. The number of rotatable bonds is 7. The highest BCUT2D eigenvalue weighted by Crippen LogP contribution is 2.34. The van der Waals surface area contributed by atoms with Crippen molar-refractivity contribution in [2.75, 3.05) is 37.7 Å². The number of aryl methyl sites for hydroxylation is 2. The summed E-state index contributed by atoms with van der Waals surface area (Å²) in [5.41, 5.74) is 3.35. The third-order valence-corrected chi connectivity index (χ3v) is 6.85. The van der Waals surface area contributed by atoms with Crippen LogP contribution in [0.5, 0.6) is 11.5 Å². The molecule has 1 aliphatic heterocycles. The first-order valence-corrected chi connectivity index (χ1v) is 11.6. The molecule has 0 fully saturated rings. The van der Waals surface area contributed by atoms with Crippen LogP contribution in [0.2, 0.25) is 0 Å². The quantitative estimate of drug-likeness (QED) is 0.489. The summed E-state index contributed by atoms with van der Waals surface area (Å²) in [5, 5.41) is 0.708. The van der Waals surface area contributed by atoms with E-state index < -0.39 is 6.10 Å². The van der Waals surface area contributed by atoms with Gasteiger partial charge < -0.3 is 14.4 Å². The minimum absolute atomic E-state index is 0. The number of hydrogen-bond acceptors (Lipinski definition) is 6. The number of carbonyl (C=O) groups is 1. The van der Waals surface area contributed by atoms with E-state index in [1.807, 2.05) is 24.3 Å². The van der Waals surface area contributed by atoms with Gasteiger partial charge in [-0.2, -0.15) is 0 Å². The molecule has 0 saturated heterocycles. The molecular formula is C24H30ClN3O3S. The number of hydrogen-bond donors (Lipinski definition) is 0. The molecule has 1 unspecified atom stereocenters. The molecule has 8 heteroatoms. The number of benzene rings is 2. The van der Waals surface area contributed by atoms with Crippen LogP contribution >= 0.6 is 23.7 Å². The van der Waals surface area contributed by atoms with E-state index >= 15 is 0 Å². The molecule has 1 aromatic heterocycles. The molecule has 6 nitrogen and oxygen atoms in total. The number of aromatic nitrogens is 1. The van der Waals surface area contributed by atoms with E-state index in [9.17, 15) is 4.79 Å². The minimum atomic E-state index is -0.693. The first-order chi connectivity index (χ1) is 15.0. The van der Waals surface area contributed by atoms with Crippen LogP contribution in [0, 0.1) is 13.8 Å². The third-order valence-electron chi connectivity index (χ3n) is 5.81. The summed E-state index contributed by atoms with van der Waals surface area (Å²) in [4.78, 5) is 22.5. The number of carbonyl (C=O) groups excluding carboxylic acids is 1. The fourth-order valence-electron chi connectivity index (χ4n) is 3.68. The molecular weight excluding hydrogens is 446 g/mol. The van der Waals surface area contributed by atoms with Crippen LogP contribution < -0.4 is 14.4 Å². The summed E-state index contributed by atoms with van der Waals surface area (Å²) in [6.45, 7) is 11.9. The molecule has 4 rings (SSSR count). The number of halogens is 1. The van der Waals surface area contributed by atoms with Gasteiger partial charge in [-0.15, -0.1) is 12.4 Å². The van der Waals surface area contributed by atoms with Crippen molar-refractivity contribution in [1.29, 1.82) is 0 Å². The normalized spacial score (nSPS) is 15.0. The zero-order valence-corrected chi connectivity index (χ0v) is 20.6. The van der Waals surface area contributed by atoms with Crippen LogP contribution in [0.1, 0.15) is 25.0 Å². The summed E-state index contributed by atoms with van der Waals surface area (Å²) >= 11 is 1.55. The Morgan fingerprint density at radius 2 is 1.78 bits per heavy atom. The highest BCUT2D eigenvalue weighted by atomic mass is 35.5. The molecule has 172 valence electrons. The molecule has 0 N–H and O–H groups in total. The van der Waals surface area contributed by atoms with Gasteiger partial charge in [0.25, 0.3) is 5.91 Å². The van der Waals surface area contributed by atoms with Gasteiger partial charge in [-0.05, 0) is 62.3 Å². The van der Waals surface area contributed by atoms with Gasteiger partial charge in [-0.25, -0.2) is 4.98 Å². The van der Waals surface area contributed by atoms with Gasteiger partial charge in [0.1, 0.15) is 6.61 Å². The lowest BCUT2D eigenvalue weighted by atomic mass is 10.1. The predicted molar refractivity (Wildman–Crippen MR) is 133 cm³/mol. The molecule has 2 aromatic carbocycles. The molecule has 2 heterocycles. The van der Waals surface area contributed by atoms with Crippen LogP contribution in [0.15, 0.2) is 36.4 Å². The van der Waals surface area contributed by atoms with E-state index in [0.717, 1.165) is 29.9 Å². The smallest absolute Gasteiger partial charge is 0.273 e. The van der Waals surface area contributed by atoms with E-state index in [-0.39, 0.29) is 24.9 Å². The zero-order valence-electron chi connectivity index (χ0n) is 19.0. The average Bonchev–Trinajstić information content (AvgIpc) is 3.18. The van der Waals surface area contributed by atoms with Gasteiger partial charge in [-0.3, -0.25) is 9.69 Å². The maximum absolute atomic E-state index is 13.6. The summed E-state index contributed by atoms with van der Waals surface area (Å²) < 4.78 is 12.9. The molecule has 0 radical (unpaired) electrons. The maximum atomic E-state index is 13.6. The Kier molecular flexibility index (Phi) is 7.98. The second kappa shape index (κ2) is 10.5. The van der Waals surface area contributed by atoms with Gasteiger partial charge >= 0.3 is 0 Å². The Labute approximate surface area is 199 Å². The van der Waals surface area contributed by atoms with E-state index in [1.165, 1.54) is 11.1 Å². The average molecular weight is 476 g/mol. The molecule has 32 heavy (non-hydrogen) atoms. The lowest BCUT2D eigenvalue weighted by Crippen LogP contribution is -2.48. The lowest BCUT2D eigenvalue weighted by Gasteiger charge is -2.30. The van der Waals surface area contributed by atoms with Crippen LogP contribution in [0.25, 0.3) is 10.2 Å². The predicted octanol–water partition coefficient (Wildman–Crippen LogP) is 4.85. The largest absolute Gasteiger partial charge is 0.485 e. The van der Waals surface area contributed by atoms with Crippen molar-refractivity contribution in [1.82, 2.24) is 9.88 Å². The van der Waals surface area contributed by atoms with E-state index in [4.69, 9.17) is 14.5 Å². The Bertz CT molecular complexity index is 1040. The van der Waals surface area contributed by atoms with E-state index in [2.05, 4.69) is 44.7 Å². The number of ether oxygens (including phenoxy) is 2. The van der Waals surface area contributed by atoms with Crippen molar-refractivity contribution >= 4 is 45.0 Å². The standard InChI is InChI=1S/C24H29N3O3S.ClH/c1-5-26(6-2)11-12-27(24-25-18-13-16(3)17(4)14-22(18)31-24)23(28)21-15-29-19-9-7-8-10-20(19)30-21;/h7-10,13-14,21H,5-6,11-12,15H2,1-4H3;1H. The SMILES string of the molecule is CCN(CC)CCN(C(=O)C1COc2ccccc2O1)c1nc2cc(C)c(C)cc2s1.Cl. The fraction of sp³-hybridized carbons (Fsp3) is 0.417. The van der Waals surface area contributed by atoms with Crippen molar-refractivity contribution in [2.45, 2.75) is 33.8 Å².